The second-order valence-corrected chi connectivity index (χ2v) is 6.00. The monoisotopic (exact) mass is 244 g/mol. The van der Waals surface area contributed by atoms with Crippen LogP contribution in [0, 0.1) is 17.3 Å². The molecular weight excluding hydrogens is 216 g/mol. The number of ether oxygens (including phenoxy) is 1. The summed E-state index contributed by atoms with van der Waals surface area (Å²) in [6.45, 7) is 10.1. The summed E-state index contributed by atoms with van der Waals surface area (Å²) >= 11 is 0. The number of nitrogens with two attached hydrogens (primary N) is 1. The Labute approximate surface area is 105 Å². The number of hydrogen-bond acceptors (Lipinski definition) is 3. The Morgan fingerprint density at radius 1 is 1.41 bits per heavy atom. The molecule has 0 aromatic rings. The molecule has 0 aromatic carbocycles. The molecule has 0 fully saturated rings. The number of hydrogen-bond donors (Lipinski definition) is 2. The molecule has 17 heavy (non-hydrogen) atoms. The molecule has 0 radical (unpaired) electrons. The summed E-state index contributed by atoms with van der Waals surface area (Å²) in [5, 5.41) is 2.94. The Morgan fingerprint density at radius 2 is 2.00 bits per heavy atom. The molecule has 2 atom stereocenters. The van der Waals surface area contributed by atoms with E-state index >= 15 is 0 Å². The third-order valence-corrected chi connectivity index (χ3v) is 2.59. The van der Waals surface area contributed by atoms with Crippen LogP contribution in [0.1, 0.15) is 34.1 Å². The van der Waals surface area contributed by atoms with E-state index in [1.165, 1.54) is 0 Å². The Balaban J connectivity index is 4.09. The molecule has 1 amide bonds. The normalized spacial score (nSPS) is 15.4. The van der Waals surface area contributed by atoms with Crippen molar-refractivity contribution in [2.45, 2.75) is 34.1 Å². The van der Waals surface area contributed by atoms with Gasteiger partial charge in [-0.1, -0.05) is 27.7 Å². The predicted molar refractivity (Wildman–Crippen MR) is 70.7 cm³/mol. The molecule has 2 unspecified atom stereocenters. The van der Waals surface area contributed by atoms with Crippen LogP contribution in [0.25, 0.3) is 0 Å². The van der Waals surface area contributed by atoms with E-state index in [2.05, 4.69) is 26.1 Å². The van der Waals surface area contributed by atoms with Crippen molar-refractivity contribution in [3.05, 3.63) is 0 Å². The molecule has 102 valence electrons. The van der Waals surface area contributed by atoms with Gasteiger partial charge < -0.3 is 15.8 Å². The molecule has 3 N–H and O–H groups in total. The molecule has 0 spiro atoms. The van der Waals surface area contributed by atoms with Crippen molar-refractivity contribution in [1.82, 2.24) is 5.32 Å². The summed E-state index contributed by atoms with van der Waals surface area (Å²) < 4.78 is 5.03. The first-order valence-electron chi connectivity index (χ1n) is 6.27. The molecule has 4 heteroatoms. The predicted octanol–water partition coefficient (Wildman–Crippen LogP) is 1.40. The van der Waals surface area contributed by atoms with Gasteiger partial charge in [0, 0.05) is 20.2 Å². The van der Waals surface area contributed by atoms with Gasteiger partial charge in [-0.15, -0.1) is 0 Å². The molecule has 0 aliphatic heterocycles. The quantitative estimate of drug-likeness (QED) is 0.711. The summed E-state index contributed by atoms with van der Waals surface area (Å²) in [5.74, 6) is 0.298. The van der Waals surface area contributed by atoms with Crippen molar-refractivity contribution in [3.63, 3.8) is 0 Å². The van der Waals surface area contributed by atoms with Gasteiger partial charge in [0.15, 0.2) is 0 Å². The number of carbonyl (C=O) groups excluding carboxylic acids is 1. The highest BCUT2D eigenvalue weighted by Crippen LogP contribution is 2.23. The Hall–Kier alpha value is -0.610. The van der Waals surface area contributed by atoms with Gasteiger partial charge in [-0.2, -0.15) is 0 Å². The maximum Gasteiger partial charge on any atom is 0.224 e. The van der Waals surface area contributed by atoms with E-state index in [0.29, 0.717) is 25.6 Å². The second kappa shape index (κ2) is 7.67. The zero-order valence-corrected chi connectivity index (χ0v) is 11.9. The summed E-state index contributed by atoms with van der Waals surface area (Å²) in [7, 11) is 1.67. The van der Waals surface area contributed by atoms with Crippen molar-refractivity contribution >= 4 is 5.91 Å². The highest BCUT2D eigenvalue weighted by Gasteiger charge is 2.23. The number of nitrogens with one attached hydrogen (secondary N) is 1. The van der Waals surface area contributed by atoms with Crippen LogP contribution in [-0.2, 0) is 9.53 Å². The maximum absolute atomic E-state index is 11.9. The fourth-order valence-corrected chi connectivity index (χ4v) is 1.78. The molecule has 0 saturated carbocycles. The minimum Gasteiger partial charge on any atom is -0.384 e. The smallest absolute Gasteiger partial charge is 0.224 e. The lowest BCUT2D eigenvalue weighted by Crippen LogP contribution is -2.39. The molecule has 0 bridgehead atoms. The molecule has 0 rings (SSSR count). The molecule has 4 nitrogen and oxygen atoms in total. The first-order valence-corrected chi connectivity index (χ1v) is 6.27. The molecule has 0 saturated heterocycles. The van der Waals surface area contributed by atoms with E-state index in [-0.39, 0.29) is 17.2 Å². The number of methoxy groups -OCH3 is 1. The summed E-state index contributed by atoms with van der Waals surface area (Å²) in [6.07, 6.45) is 0.813. The Bertz CT molecular complexity index is 224. The van der Waals surface area contributed by atoms with Crippen molar-refractivity contribution < 1.29 is 9.53 Å². The van der Waals surface area contributed by atoms with Gasteiger partial charge in [-0.3, -0.25) is 4.79 Å². The highest BCUT2D eigenvalue weighted by molar-refractivity contribution is 5.78. The highest BCUT2D eigenvalue weighted by atomic mass is 16.5. The summed E-state index contributed by atoms with van der Waals surface area (Å²) in [4.78, 5) is 11.9. The van der Waals surface area contributed by atoms with Crippen LogP contribution in [0.15, 0.2) is 0 Å². The van der Waals surface area contributed by atoms with Gasteiger partial charge in [-0.05, 0) is 17.8 Å². The van der Waals surface area contributed by atoms with Crippen LogP contribution >= 0.6 is 0 Å². The van der Waals surface area contributed by atoms with Crippen LogP contribution in [0.4, 0.5) is 0 Å². The molecule has 0 aliphatic carbocycles. The number of rotatable bonds is 7. The third kappa shape index (κ3) is 8.16. The Kier molecular flexibility index (Phi) is 7.39. The van der Waals surface area contributed by atoms with Crippen LogP contribution in [-0.4, -0.2) is 32.7 Å². The third-order valence-electron chi connectivity index (χ3n) is 2.59. The molecule has 0 heterocycles. The number of carbonyl (C=O) groups is 1. The van der Waals surface area contributed by atoms with E-state index in [0.717, 1.165) is 6.42 Å². The average molecular weight is 244 g/mol. The SMILES string of the molecule is COCC(C)CNC(=O)C(CN)CC(C)(C)C. The molecule has 0 aliphatic rings. The molecular formula is C13H28N2O2. The first kappa shape index (κ1) is 16.4. The first-order chi connectivity index (χ1) is 7.80. The maximum atomic E-state index is 11.9. The van der Waals surface area contributed by atoms with Crippen molar-refractivity contribution in [1.29, 1.82) is 0 Å². The van der Waals surface area contributed by atoms with Gasteiger partial charge in [0.1, 0.15) is 0 Å². The zero-order valence-electron chi connectivity index (χ0n) is 11.9. The Morgan fingerprint density at radius 3 is 2.41 bits per heavy atom. The second-order valence-electron chi connectivity index (χ2n) is 6.00. The lowest BCUT2D eigenvalue weighted by Gasteiger charge is -2.24. The zero-order chi connectivity index (χ0) is 13.5. The number of amides is 1. The molecule has 0 aromatic heterocycles. The van der Waals surface area contributed by atoms with E-state index in [1.54, 1.807) is 7.11 Å². The average Bonchev–Trinajstić information content (AvgIpc) is 2.21. The fourth-order valence-electron chi connectivity index (χ4n) is 1.78. The van der Waals surface area contributed by atoms with Gasteiger partial charge >= 0.3 is 0 Å². The lowest BCUT2D eigenvalue weighted by atomic mass is 9.84. The standard InChI is InChI=1S/C13H28N2O2/c1-10(9-17-5)8-15-12(16)11(7-14)6-13(2,3)4/h10-11H,6-9,14H2,1-5H3,(H,15,16). The van der Waals surface area contributed by atoms with E-state index in [4.69, 9.17) is 10.5 Å². The van der Waals surface area contributed by atoms with Crippen molar-refractivity contribution in [2.75, 3.05) is 26.8 Å². The van der Waals surface area contributed by atoms with Crippen LogP contribution in [0.2, 0.25) is 0 Å². The van der Waals surface area contributed by atoms with Gasteiger partial charge in [-0.25, -0.2) is 0 Å². The van der Waals surface area contributed by atoms with Gasteiger partial charge in [0.25, 0.3) is 0 Å². The van der Waals surface area contributed by atoms with Crippen LogP contribution in [0.5, 0.6) is 0 Å². The van der Waals surface area contributed by atoms with E-state index < -0.39 is 0 Å². The summed E-state index contributed by atoms with van der Waals surface area (Å²) in [6, 6.07) is 0. The minimum absolute atomic E-state index is 0.0605. The minimum atomic E-state index is -0.0928. The fraction of sp³-hybridized carbons (Fsp3) is 0.923. The van der Waals surface area contributed by atoms with Crippen molar-refractivity contribution in [2.24, 2.45) is 23.0 Å². The van der Waals surface area contributed by atoms with Gasteiger partial charge in [0.05, 0.1) is 12.5 Å². The van der Waals surface area contributed by atoms with Crippen molar-refractivity contribution in [3.8, 4) is 0 Å². The van der Waals surface area contributed by atoms with Crippen LogP contribution in [0.3, 0.4) is 0 Å². The van der Waals surface area contributed by atoms with E-state index in [9.17, 15) is 4.79 Å². The topological polar surface area (TPSA) is 64.3 Å². The summed E-state index contributed by atoms with van der Waals surface area (Å²) in [5.41, 5.74) is 5.78. The largest absolute Gasteiger partial charge is 0.384 e. The lowest BCUT2D eigenvalue weighted by molar-refractivity contribution is -0.125. The van der Waals surface area contributed by atoms with E-state index in [1.807, 2.05) is 6.92 Å². The van der Waals surface area contributed by atoms with Crippen LogP contribution < -0.4 is 11.1 Å². The van der Waals surface area contributed by atoms with Gasteiger partial charge in [0.2, 0.25) is 5.91 Å².